The van der Waals surface area contributed by atoms with Gasteiger partial charge in [0.1, 0.15) is 11.9 Å². The monoisotopic (exact) mass is 520 g/mol. The first-order valence-corrected chi connectivity index (χ1v) is 13.9. The quantitative estimate of drug-likeness (QED) is 0.132. The molecule has 7 nitrogen and oxygen atoms in total. The third kappa shape index (κ3) is 12.2. The molecule has 1 aromatic rings. The largest absolute Gasteiger partial charge is 0.618 e. The number of hydrogen-bond donors (Lipinski definition) is 1. The van der Waals surface area contributed by atoms with Crippen molar-refractivity contribution >= 4 is 11.8 Å². The lowest BCUT2D eigenvalue weighted by Crippen LogP contribution is -2.46. The molecule has 0 radical (unpaired) electrons. The number of unbranched alkanes of at least 4 members (excludes halogenated alkanes) is 1. The number of amides is 2. The Morgan fingerprint density at radius 1 is 1.03 bits per heavy atom. The summed E-state index contributed by atoms with van der Waals surface area (Å²) in [5.74, 6) is -0.338. The normalized spacial score (nSPS) is 16.3. The van der Waals surface area contributed by atoms with Crippen LogP contribution in [0.2, 0.25) is 0 Å². The van der Waals surface area contributed by atoms with Gasteiger partial charge in [0.15, 0.2) is 0 Å². The molecule has 1 aromatic heterocycles. The number of carbonyl (C=O) groups excluding carboxylic acids is 2. The lowest BCUT2D eigenvalue weighted by molar-refractivity contribution is -0.608. The summed E-state index contributed by atoms with van der Waals surface area (Å²) in [5, 5.41) is 14.7. The molecule has 1 fully saturated rings. The minimum atomic E-state index is -0.467. The molecule has 0 bridgehead atoms. The van der Waals surface area contributed by atoms with Gasteiger partial charge in [-0.1, -0.05) is 67.7 Å². The summed E-state index contributed by atoms with van der Waals surface area (Å²) in [6.07, 6.45) is 33.2. The van der Waals surface area contributed by atoms with Gasteiger partial charge in [0, 0.05) is 25.6 Å². The Morgan fingerprint density at radius 2 is 1.63 bits per heavy atom. The van der Waals surface area contributed by atoms with E-state index in [1.54, 1.807) is 6.92 Å². The molecule has 2 amide bonds. The van der Waals surface area contributed by atoms with Crippen molar-refractivity contribution in [3.63, 3.8) is 0 Å². The van der Waals surface area contributed by atoms with Gasteiger partial charge >= 0.3 is 5.91 Å². The Morgan fingerprint density at radius 3 is 2.24 bits per heavy atom. The minimum Gasteiger partial charge on any atom is -0.618 e. The van der Waals surface area contributed by atoms with E-state index in [4.69, 9.17) is 0 Å². The van der Waals surface area contributed by atoms with Crippen molar-refractivity contribution in [3.05, 3.63) is 89.7 Å². The number of aromatic nitrogens is 2. The Labute approximate surface area is 228 Å². The van der Waals surface area contributed by atoms with E-state index in [0.29, 0.717) is 29.9 Å². The highest BCUT2D eigenvalue weighted by molar-refractivity contribution is 5.90. The standard InChI is InChI=1S/C31H44N4O3/c1-3-4-5-6-7-8-9-10-11-12-13-14-15-16-17-18-19-22-30(36)34-23-20-21-28(34)24-33-31(37)29-25-32-27(2)26-35(29)38/h4-5,7-8,10-11,13-14,16-17,25-26,28H,3,6,9,12,15,18-24H2,1-2H3,(H,33,37)/b5-4-,8-7?,11-10?,14-13-,17-16-/t28-/m0/s1. The molecule has 206 valence electrons. The molecule has 0 saturated carbocycles. The second-order valence-electron chi connectivity index (χ2n) is 9.43. The molecule has 0 unspecified atom stereocenters. The molecular weight excluding hydrogens is 476 g/mol. The lowest BCUT2D eigenvalue weighted by Gasteiger charge is -2.25. The molecule has 1 aliphatic heterocycles. The Kier molecular flexibility index (Phi) is 15.1. The molecule has 0 aromatic carbocycles. The summed E-state index contributed by atoms with van der Waals surface area (Å²) in [7, 11) is 0. The fourth-order valence-corrected chi connectivity index (χ4v) is 4.21. The van der Waals surface area contributed by atoms with E-state index in [9.17, 15) is 14.8 Å². The summed E-state index contributed by atoms with van der Waals surface area (Å²) in [4.78, 5) is 31.0. The molecule has 1 saturated heterocycles. The van der Waals surface area contributed by atoms with E-state index < -0.39 is 5.91 Å². The maximum absolute atomic E-state index is 12.7. The van der Waals surface area contributed by atoms with Crippen molar-refractivity contribution in [1.82, 2.24) is 15.2 Å². The summed E-state index contributed by atoms with van der Waals surface area (Å²) in [5.41, 5.74) is 0.511. The zero-order chi connectivity index (χ0) is 27.4. The summed E-state index contributed by atoms with van der Waals surface area (Å²) in [6, 6.07) is -0.0290. The number of allylic oxidation sites excluding steroid dienone is 10. The van der Waals surface area contributed by atoms with Crippen LogP contribution in [0.25, 0.3) is 0 Å². The molecule has 1 N–H and O–H groups in total. The predicted molar refractivity (Wildman–Crippen MR) is 153 cm³/mol. The van der Waals surface area contributed by atoms with Crippen molar-refractivity contribution < 1.29 is 14.3 Å². The van der Waals surface area contributed by atoms with Gasteiger partial charge in [0.05, 0.1) is 0 Å². The molecule has 0 aliphatic carbocycles. The Balaban J connectivity index is 1.57. The van der Waals surface area contributed by atoms with E-state index in [-0.39, 0.29) is 17.6 Å². The van der Waals surface area contributed by atoms with E-state index in [1.807, 2.05) is 4.90 Å². The Hall–Kier alpha value is -3.48. The zero-order valence-corrected chi connectivity index (χ0v) is 23.1. The highest BCUT2D eigenvalue weighted by atomic mass is 16.5. The van der Waals surface area contributed by atoms with Gasteiger partial charge in [0.25, 0.3) is 5.69 Å². The summed E-state index contributed by atoms with van der Waals surface area (Å²) >= 11 is 0. The number of rotatable bonds is 16. The van der Waals surface area contributed by atoms with Gasteiger partial charge in [-0.05, 0) is 64.7 Å². The molecule has 2 rings (SSSR count). The molecule has 1 aliphatic rings. The molecule has 2 heterocycles. The predicted octanol–water partition coefficient (Wildman–Crippen LogP) is 5.67. The van der Waals surface area contributed by atoms with Crippen molar-refractivity contribution in [1.29, 1.82) is 0 Å². The first-order chi connectivity index (χ1) is 18.5. The van der Waals surface area contributed by atoms with Crippen molar-refractivity contribution in [2.45, 2.75) is 84.1 Å². The van der Waals surface area contributed by atoms with Crippen LogP contribution in [-0.2, 0) is 4.79 Å². The molecule has 0 spiro atoms. The fourth-order valence-electron chi connectivity index (χ4n) is 4.21. The minimum absolute atomic E-state index is 0.0290. The van der Waals surface area contributed by atoms with E-state index >= 15 is 0 Å². The maximum atomic E-state index is 12.7. The van der Waals surface area contributed by atoms with Gasteiger partial charge < -0.3 is 15.4 Å². The number of hydrogen-bond acceptors (Lipinski definition) is 4. The van der Waals surface area contributed by atoms with Crippen LogP contribution in [0.15, 0.2) is 73.2 Å². The molecule has 38 heavy (non-hydrogen) atoms. The van der Waals surface area contributed by atoms with Crippen LogP contribution in [0, 0.1) is 12.1 Å². The summed E-state index contributed by atoms with van der Waals surface area (Å²) < 4.78 is 0.532. The topological polar surface area (TPSA) is 89.2 Å². The zero-order valence-electron chi connectivity index (χ0n) is 23.1. The smallest absolute Gasteiger partial charge is 0.319 e. The average molecular weight is 521 g/mol. The number of aryl methyl sites for hydroxylation is 1. The number of carbonyl (C=O) groups is 2. The molecule has 1 atom stereocenters. The first kappa shape index (κ1) is 30.7. The van der Waals surface area contributed by atoms with Gasteiger partial charge in [-0.15, -0.1) is 0 Å². The van der Waals surface area contributed by atoms with E-state index in [1.165, 1.54) is 12.4 Å². The van der Waals surface area contributed by atoms with Crippen molar-refractivity contribution in [2.75, 3.05) is 13.1 Å². The third-order valence-corrected chi connectivity index (χ3v) is 6.28. The SMILES string of the molecule is CC/C=C\CC=CCC=CC/C=C\C/C=C\CCCC(=O)N1CCC[C@H]1CNC(=O)c1cnc(C)c[n+]1[O-]. The second-order valence-corrected chi connectivity index (χ2v) is 9.43. The van der Waals surface area contributed by atoms with Crippen LogP contribution in [0.3, 0.4) is 0 Å². The van der Waals surface area contributed by atoms with Gasteiger partial charge in [-0.25, -0.2) is 4.98 Å². The first-order valence-electron chi connectivity index (χ1n) is 13.9. The van der Waals surface area contributed by atoms with Gasteiger partial charge in [0.2, 0.25) is 12.1 Å². The lowest BCUT2D eigenvalue weighted by atomic mass is 10.1. The van der Waals surface area contributed by atoms with E-state index in [2.05, 4.69) is 78.0 Å². The molecular formula is C31H44N4O3. The summed E-state index contributed by atoms with van der Waals surface area (Å²) in [6.45, 7) is 4.90. The molecule has 7 heteroatoms. The van der Waals surface area contributed by atoms with Crippen molar-refractivity contribution in [2.24, 2.45) is 0 Å². The van der Waals surface area contributed by atoms with E-state index in [0.717, 1.165) is 57.8 Å². The van der Waals surface area contributed by atoms with Gasteiger partial charge in [-0.2, -0.15) is 4.73 Å². The number of nitrogens with zero attached hydrogens (tertiary/aromatic N) is 3. The van der Waals surface area contributed by atoms with Crippen LogP contribution in [0.1, 0.15) is 87.3 Å². The van der Waals surface area contributed by atoms with Crippen LogP contribution >= 0.6 is 0 Å². The average Bonchev–Trinajstić information content (AvgIpc) is 3.38. The van der Waals surface area contributed by atoms with Crippen LogP contribution in [0.4, 0.5) is 0 Å². The second kappa shape index (κ2) is 18.7. The van der Waals surface area contributed by atoms with Gasteiger partial charge in [-0.3, -0.25) is 9.59 Å². The van der Waals surface area contributed by atoms with Crippen LogP contribution in [-0.4, -0.2) is 40.8 Å². The highest BCUT2D eigenvalue weighted by Gasteiger charge is 2.29. The Bertz CT molecular complexity index is 1010. The number of nitrogens with one attached hydrogen (secondary N) is 1. The maximum Gasteiger partial charge on any atom is 0.319 e. The van der Waals surface area contributed by atoms with Crippen molar-refractivity contribution in [3.8, 4) is 0 Å². The fraction of sp³-hybridized carbons (Fsp3) is 0.484. The highest BCUT2D eigenvalue weighted by Crippen LogP contribution is 2.18. The van der Waals surface area contributed by atoms with Crippen LogP contribution < -0.4 is 10.0 Å². The number of likely N-dealkylation sites (tertiary alicyclic amines) is 1. The van der Waals surface area contributed by atoms with Crippen LogP contribution in [0.5, 0.6) is 0 Å². The third-order valence-electron chi connectivity index (χ3n) is 6.28.